The molecular weight excluding hydrogens is 220 g/mol. The zero-order valence-electron chi connectivity index (χ0n) is 9.73. The molecule has 1 aliphatic rings. The van der Waals surface area contributed by atoms with Gasteiger partial charge < -0.3 is 15.0 Å². The van der Waals surface area contributed by atoms with Crippen LogP contribution >= 0.6 is 0 Å². The van der Waals surface area contributed by atoms with Crippen molar-refractivity contribution >= 4 is 5.91 Å². The molecule has 0 aromatic carbocycles. The Bertz CT molecular complexity index is 449. The molecule has 2 atom stereocenters. The van der Waals surface area contributed by atoms with Crippen molar-refractivity contribution in [3.05, 3.63) is 34.2 Å². The van der Waals surface area contributed by atoms with Crippen LogP contribution in [-0.4, -0.2) is 30.1 Å². The average Bonchev–Trinajstić information content (AvgIpc) is 2.82. The van der Waals surface area contributed by atoms with Gasteiger partial charge >= 0.3 is 0 Å². The maximum atomic E-state index is 11.8. The molecule has 0 bridgehead atoms. The lowest BCUT2D eigenvalue weighted by molar-refractivity contribution is 0.0917. The summed E-state index contributed by atoms with van der Waals surface area (Å²) in [6.07, 6.45) is 0.965. The van der Waals surface area contributed by atoms with Crippen molar-refractivity contribution in [3.8, 4) is 0 Å². The second-order valence-corrected chi connectivity index (χ2v) is 4.31. The van der Waals surface area contributed by atoms with E-state index in [4.69, 9.17) is 4.74 Å². The van der Waals surface area contributed by atoms with Crippen LogP contribution < -0.4 is 10.9 Å². The number of aromatic amines is 1. The van der Waals surface area contributed by atoms with Gasteiger partial charge in [-0.3, -0.25) is 9.59 Å². The molecule has 1 amide bonds. The van der Waals surface area contributed by atoms with Crippen LogP contribution in [0.25, 0.3) is 0 Å². The maximum absolute atomic E-state index is 11.8. The van der Waals surface area contributed by atoms with Crippen LogP contribution in [0.15, 0.2) is 23.0 Å². The van der Waals surface area contributed by atoms with E-state index in [-0.39, 0.29) is 17.5 Å². The Morgan fingerprint density at radius 2 is 2.41 bits per heavy atom. The van der Waals surface area contributed by atoms with Gasteiger partial charge in [0.1, 0.15) is 5.69 Å². The smallest absolute Gasteiger partial charge is 0.268 e. The highest BCUT2D eigenvalue weighted by atomic mass is 16.5. The van der Waals surface area contributed by atoms with Crippen molar-refractivity contribution in [2.45, 2.75) is 19.4 Å². The molecule has 0 saturated carbocycles. The van der Waals surface area contributed by atoms with Gasteiger partial charge in [0.05, 0.1) is 6.61 Å². The minimum atomic E-state index is -0.269. The highest BCUT2D eigenvalue weighted by Gasteiger charge is 2.23. The Kier molecular flexibility index (Phi) is 3.58. The van der Waals surface area contributed by atoms with Gasteiger partial charge in [-0.25, -0.2) is 0 Å². The Hall–Kier alpha value is -1.62. The third-order valence-corrected chi connectivity index (χ3v) is 3.04. The molecule has 1 aromatic rings. The van der Waals surface area contributed by atoms with Gasteiger partial charge in [-0.1, -0.05) is 6.07 Å². The van der Waals surface area contributed by atoms with E-state index in [1.54, 1.807) is 12.1 Å². The van der Waals surface area contributed by atoms with Gasteiger partial charge in [-0.15, -0.1) is 0 Å². The number of pyridine rings is 1. The van der Waals surface area contributed by atoms with Gasteiger partial charge in [-0.2, -0.15) is 0 Å². The third kappa shape index (κ3) is 2.94. The molecule has 0 radical (unpaired) electrons. The zero-order chi connectivity index (χ0) is 12.3. The molecule has 1 saturated heterocycles. The molecular formula is C12H16N2O3. The standard InChI is InChI=1S/C12H16N2O3/c1-8(9-5-6-17-7-9)13-12(16)10-3-2-4-11(15)14-10/h2-4,8-9H,5-7H2,1H3,(H,13,16)(H,14,15). The predicted molar refractivity (Wildman–Crippen MR) is 62.9 cm³/mol. The summed E-state index contributed by atoms with van der Waals surface area (Å²) >= 11 is 0. The van der Waals surface area contributed by atoms with Crippen molar-refractivity contribution in [2.24, 2.45) is 5.92 Å². The molecule has 1 fully saturated rings. The van der Waals surface area contributed by atoms with E-state index in [1.165, 1.54) is 6.07 Å². The number of carbonyl (C=O) groups is 1. The van der Waals surface area contributed by atoms with Crippen LogP contribution in [-0.2, 0) is 4.74 Å². The lowest BCUT2D eigenvalue weighted by atomic mass is 10.0. The molecule has 92 valence electrons. The first-order chi connectivity index (χ1) is 8.16. The molecule has 1 aliphatic heterocycles. The molecule has 5 nitrogen and oxygen atoms in total. The van der Waals surface area contributed by atoms with Crippen LogP contribution in [0.3, 0.4) is 0 Å². The second kappa shape index (κ2) is 5.14. The largest absolute Gasteiger partial charge is 0.381 e. The van der Waals surface area contributed by atoms with E-state index in [1.807, 2.05) is 6.92 Å². The van der Waals surface area contributed by atoms with E-state index < -0.39 is 0 Å². The van der Waals surface area contributed by atoms with Crippen LogP contribution in [0.1, 0.15) is 23.8 Å². The SMILES string of the molecule is CC(NC(=O)c1cccc(=O)[nH]1)C1CCOC1. The number of H-pyrrole nitrogens is 1. The van der Waals surface area contributed by atoms with Gasteiger partial charge in [0.2, 0.25) is 5.56 Å². The fraction of sp³-hybridized carbons (Fsp3) is 0.500. The Morgan fingerprint density at radius 1 is 1.59 bits per heavy atom. The van der Waals surface area contributed by atoms with Crippen LogP contribution in [0.5, 0.6) is 0 Å². The molecule has 0 aliphatic carbocycles. The first-order valence-electron chi connectivity index (χ1n) is 5.75. The van der Waals surface area contributed by atoms with Crippen molar-refractivity contribution in [1.29, 1.82) is 0 Å². The van der Waals surface area contributed by atoms with Gasteiger partial charge in [0.15, 0.2) is 0 Å². The number of ether oxygens (including phenoxy) is 1. The molecule has 5 heteroatoms. The number of carbonyl (C=O) groups excluding carboxylic acids is 1. The van der Waals surface area contributed by atoms with E-state index >= 15 is 0 Å². The molecule has 1 aromatic heterocycles. The molecule has 2 N–H and O–H groups in total. The highest BCUT2D eigenvalue weighted by Crippen LogP contribution is 2.16. The van der Waals surface area contributed by atoms with Crippen LogP contribution in [0.4, 0.5) is 0 Å². The Labute approximate surface area is 99.2 Å². The summed E-state index contributed by atoms with van der Waals surface area (Å²) in [5.74, 6) is 0.108. The van der Waals surface area contributed by atoms with E-state index in [9.17, 15) is 9.59 Å². The summed E-state index contributed by atoms with van der Waals surface area (Å²) < 4.78 is 5.28. The van der Waals surface area contributed by atoms with Crippen LogP contribution in [0, 0.1) is 5.92 Å². The van der Waals surface area contributed by atoms with Gasteiger partial charge in [-0.05, 0) is 19.4 Å². The molecule has 0 spiro atoms. The fourth-order valence-corrected chi connectivity index (χ4v) is 1.93. The predicted octanol–water partition coefficient (Wildman–Crippen LogP) is 0.530. The van der Waals surface area contributed by atoms with E-state index in [0.29, 0.717) is 18.2 Å². The van der Waals surface area contributed by atoms with Gasteiger partial charge in [0, 0.05) is 24.6 Å². The normalized spacial score (nSPS) is 21.1. The number of amides is 1. The van der Waals surface area contributed by atoms with Crippen molar-refractivity contribution in [2.75, 3.05) is 13.2 Å². The summed E-state index contributed by atoms with van der Waals surface area (Å²) in [5, 5.41) is 2.88. The number of hydrogen-bond acceptors (Lipinski definition) is 3. The average molecular weight is 236 g/mol. The Balaban J connectivity index is 1.98. The lowest BCUT2D eigenvalue weighted by Crippen LogP contribution is -2.39. The minimum absolute atomic E-state index is 0.0497. The van der Waals surface area contributed by atoms with Crippen molar-refractivity contribution in [1.82, 2.24) is 10.3 Å². The first kappa shape index (κ1) is 11.9. The molecule has 2 heterocycles. The third-order valence-electron chi connectivity index (χ3n) is 3.04. The molecule has 2 unspecified atom stereocenters. The summed E-state index contributed by atoms with van der Waals surface area (Å²) in [5.41, 5.74) is 0.0257. The monoisotopic (exact) mass is 236 g/mol. The zero-order valence-corrected chi connectivity index (χ0v) is 9.73. The molecule has 2 rings (SSSR count). The van der Waals surface area contributed by atoms with E-state index in [0.717, 1.165) is 13.0 Å². The summed E-state index contributed by atoms with van der Waals surface area (Å²) in [6, 6.07) is 4.59. The summed E-state index contributed by atoms with van der Waals surface area (Å²) in [4.78, 5) is 25.4. The number of nitrogens with one attached hydrogen (secondary N) is 2. The van der Waals surface area contributed by atoms with Gasteiger partial charge in [0.25, 0.3) is 5.91 Å². The molecule has 17 heavy (non-hydrogen) atoms. The number of rotatable bonds is 3. The van der Waals surface area contributed by atoms with E-state index in [2.05, 4.69) is 10.3 Å². The minimum Gasteiger partial charge on any atom is -0.381 e. The fourth-order valence-electron chi connectivity index (χ4n) is 1.93. The van der Waals surface area contributed by atoms with Crippen LogP contribution in [0.2, 0.25) is 0 Å². The topological polar surface area (TPSA) is 71.2 Å². The summed E-state index contributed by atoms with van der Waals surface area (Å²) in [6.45, 7) is 3.40. The lowest BCUT2D eigenvalue weighted by Gasteiger charge is -2.18. The first-order valence-corrected chi connectivity index (χ1v) is 5.75. The quantitative estimate of drug-likeness (QED) is 0.804. The highest BCUT2D eigenvalue weighted by molar-refractivity contribution is 5.92. The van der Waals surface area contributed by atoms with Crippen molar-refractivity contribution < 1.29 is 9.53 Å². The number of aromatic nitrogens is 1. The Morgan fingerprint density at radius 3 is 3.06 bits per heavy atom. The summed E-state index contributed by atoms with van der Waals surface area (Å²) in [7, 11) is 0. The number of hydrogen-bond donors (Lipinski definition) is 2. The maximum Gasteiger partial charge on any atom is 0.268 e. The second-order valence-electron chi connectivity index (χ2n) is 4.31. The van der Waals surface area contributed by atoms with Crippen molar-refractivity contribution in [3.63, 3.8) is 0 Å².